The summed E-state index contributed by atoms with van der Waals surface area (Å²) in [6.07, 6.45) is 0. The summed E-state index contributed by atoms with van der Waals surface area (Å²) in [5, 5.41) is 7.84. The fraction of sp³-hybridized carbons (Fsp3) is 0.125. The molecule has 1 heterocycles. The molecule has 2 aromatic carbocycles. The Morgan fingerprint density at radius 2 is 2.00 bits per heavy atom. The van der Waals surface area contributed by atoms with Crippen LogP contribution in [0, 0.1) is 0 Å². The summed E-state index contributed by atoms with van der Waals surface area (Å²) in [6.45, 7) is 0.434. The van der Waals surface area contributed by atoms with Gasteiger partial charge in [-0.05, 0) is 42.5 Å². The normalized spacial score (nSPS) is 10.5. The Bertz CT molecular complexity index is 756. The molecule has 112 valence electrons. The lowest BCUT2D eigenvalue weighted by Crippen LogP contribution is -1.99. The van der Waals surface area contributed by atoms with Crippen molar-refractivity contribution < 1.29 is 9.26 Å². The molecule has 0 aliphatic rings. The second-order valence-corrected chi connectivity index (χ2v) is 5.04. The third-order valence-corrected chi connectivity index (χ3v) is 3.32. The fourth-order valence-electron chi connectivity index (χ4n) is 1.96. The number of benzene rings is 2. The van der Waals surface area contributed by atoms with E-state index in [1.54, 1.807) is 7.11 Å². The van der Waals surface area contributed by atoms with Gasteiger partial charge in [0.15, 0.2) is 0 Å². The number of nitrogens with one attached hydrogen (secondary N) is 1. The zero-order valence-corrected chi connectivity index (χ0v) is 12.7. The summed E-state index contributed by atoms with van der Waals surface area (Å²) >= 11 is 5.93. The van der Waals surface area contributed by atoms with Crippen molar-refractivity contribution in [3.8, 4) is 17.1 Å². The molecule has 0 saturated carbocycles. The quantitative estimate of drug-likeness (QED) is 0.770. The molecule has 22 heavy (non-hydrogen) atoms. The molecule has 0 unspecified atom stereocenters. The van der Waals surface area contributed by atoms with Crippen LogP contribution in [0.4, 0.5) is 5.69 Å². The van der Waals surface area contributed by atoms with Crippen LogP contribution in [0.1, 0.15) is 5.89 Å². The van der Waals surface area contributed by atoms with Crippen LogP contribution in [0.2, 0.25) is 5.02 Å². The Kier molecular flexibility index (Phi) is 4.25. The minimum absolute atomic E-state index is 0.434. The highest BCUT2D eigenvalue weighted by atomic mass is 35.5. The molecule has 6 heteroatoms. The first-order valence-electron chi connectivity index (χ1n) is 6.71. The van der Waals surface area contributed by atoms with E-state index >= 15 is 0 Å². The molecular weight excluding hydrogens is 302 g/mol. The average molecular weight is 316 g/mol. The molecule has 3 aromatic rings. The minimum Gasteiger partial charge on any atom is -0.497 e. The number of hydrogen-bond donors (Lipinski definition) is 1. The predicted octanol–water partition coefficient (Wildman–Crippen LogP) is 4.01. The maximum Gasteiger partial charge on any atom is 0.246 e. The van der Waals surface area contributed by atoms with Gasteiger partial charge in [-0.25, -0.2) is 0 Å². The molecule has 0 amide bonds. The molecule has 3 rings (SSSR count). The van der Waals surface area contributed by atoms with Crippen LogP contribution in [-0.4, -0.2) is 17.3 Å². The molecule has 0 aliphatic heterocycles. The first kappa shape index (κ1) is 14.4. The molecule has 0 aliphatic carbocycles. The minimum atomic E-state index is 0.434. The first-order chi connectivity index (χ1) is 10.7. The number of ether oxygens (including phenoxy) is 1. The van der Waals surface area contributed by atoms with E-state index in [4.69, 9.17) is 20.9 Å². The van der Waals surface area contributed by atoms with E-state index in [-0.39, 0.29) is 0 Å². The van der Waals surface area contributed by atoms with Crippen LogP contribution >= 0.6 is 11.6 Å². The lowest BCUT2D eigenvalue weighted by Gasteiger charge is -2.02. The molecule has 5 nitrogen and oxygen atoms in total. The van der Waals surface area contributed by atoms with Gasteiger partial charge in [0.05, 0.1) is 13.7 Å². The third kappa shape index (κ3) is 3.38. The Balaban J connectivity index is 1.68. The zero-order valence-electron chi connectivity index (χ0n) is 11.9. The van der Waals surface area contributed by atoms with Gasteiger partial charge in [0.25, 0.3) is 0 Å². The highest BCUT2D eigenvalue weighted by Gasteiger charge is 2.08. The van der Waals surface area contributed by atoms with Crippen molar-refractivity contribution >= 4 is 17.3 Å². The molecule has 0 bridgehead atoms. The lowest BCUT2D eigenvalue weighted by atomic mass is 10.2. The molecule has 0 atom stereocenters. The monoisotopic (exact) mass is 315 g/mol. The number of hydrogen-bond acceptors (Lipinski definition) is 5. The summed E-state index contributed by atoms with van der Waals surface area (Å²) in [5.41, 5.74) is 1.77. The largest absolute Gasteiger partial charge is 0.497 e. The summed E-state index contributed by atoms with van der Waals surface area (Å²) < 4.78 is 10.4. The van der Waals surface area contributed by atoms with E-state index in [9.17, 15) is 0 Å². The topological polar surface area (TPSA) is 60.2 Å². The van der Waals surface area contributed by atoms with Crippen molar-refractivity contribution in [2.75, 3.05) is 12.4 Å². The summed E-state index contributed by atoms with van der Waals surface area (Å²) in [6, 6.07) is 14.9. The van der Waals surface area contributed by atoms with Crippen molar-refractivity contribution in [1.29, 1.82) is 0 Å². The zero-order chi connectivity index (χ0) is 15.4. The fourth-order valence-corrected chi connectivity index (χ4v) is 2.15. The van der Waals surface area contributed by atoms with Crippen LogP contribution in [0.3, 0.4) is 0 Å². The SMILES string of the molecule is COc1ccc(-c2noc(CNc3cccc(Cl)c3)n2)cc1. The molecule has 0 spiro atoms. The second-order valence-electron chi connectivity index (χ2n) is 4.60. The van der Waals surface area contributed by atoms with E-state index in [1.165, 1.54) is 0 Å². The number of nitrogens with zero attached hydrogens (tertiary/aromatic N) is 2. The van der Waals surface area contributed by atoms with Crippen LogP contribution in [0.25, 0.3) is 11.4 Å². The number of halogens is 1. The Hall–Kier alpha value is -2.53. The van der Waals surface area contributed by atoms with Crippen molar-refractivity contribution in [3.05, 3.63) is 59.4 Å². The molecule has 1 aromatic heterocycles. The van der Waals surface area contributed by atoms with Gasteiger partial charge in [-0.15, -0.1) is 0 Å². The number of rotatable bonds is 5. The Morgan fingerprint density at radius 3 is 2.73 bits per heavy atom. The predicted molar refractivity (Wildman–Crippen MR) is 85.1 cm³/mol. The highest BCUT2D eigenvalue weighted by molar-refractivity contribution is 6.30. The van der Waals surface area contributed by atoms with E-state index in [0.29, 0.717) is 23.3 Å². The Labute approximate surface area is 132 Å². The second kappa shape index (κ2) is 6.49. The van der Waals surface area contributed by atoms with Gasteiger partial charge >= 0.3 is 0 Å². The third-order valence-electron chi connectivity index (χ3n) is 3.08. The highest BCUT2D eigenvalue weighted by Crippen LogP contribution is 2.20. The van der Waals surface area contributed by atoms with Gasteiger partial charge in [0, 0.05) is 16.3 Å². The maximum absolute atomic E-state index is 5.93. The summed E-state index contributed by atoms with van der Waals surface area (Å²) in [5.74, 6) is 1.84. The van der Waals surface area contributed by atoms with Crippen molar-refractivity contribution in [2.45, 2.75) is 6.54 Å². The Morgan fingerprint density at radius 1 is 1.18 bits per heavy atom. The van der Waals surface area contributed by atoms with Crippen molar-refractivity contribution in [2.24, 2.45) is 0 Å². The smallest absolute Gasteiger partial charge is 0.246 e. The summed E-state index contributed by atoms with van der Waals surface area (Å²) in [7, 11) is 1.63. The van der Waals surface area contributed by atoms with E-state index < -0.39 is 0 Å². The van der Waals surface area contributed by atoms with E-state index in [0.717, 1.165) is 17.0 Å². The van der Waals surface area contributed by atoms with Crippen LogP contribution in [-0.2, 0) is 6.54 Å². The number of methoxy groups -OCH3 is 1. The van der Waals surface area contributed by atoms with Gasteiger partial charge in [0.1, 0.15) is 5.75 Å². The van der Waals surface area contributed by atoms with Gasteiger partial charge in [-0.3, -0.25) is 0 Å². The standard InChI is InChI=1S/C16H14ClN3O2/c1-21-14-7-5-11(6-8-14)16-19-15(22-20-16)10-18-13-4-2-3-12(17)9-13/h2-9,18H,10H2,1H3. The van der Waals surface area contributed by atoms with Gasteiger partial charge in [0.2, 0.25) is 11.7 Å². The molecular formula is C16H14ClN3O2. The van der Waals surface area contributed by atoms with E-state index in [2.05, 4.69) is 15.5 Å². The lowest BCUT2D eigenvalue weighted by molar-refractivity contribution is 0.384. The van der Waals surface area contributed by atoms with Gasteiger partial charge in [-0.1, -0.05) is 22.8 Å². The maximum atomic E-state index is 5.93. The number of anilines is 1. The van der Waals surface area contributed by atoms with Crippen molar-refractivity contribution in [1.82, 2.24) is 10.1 Å². The molecule has 0 radical (unpaired) electrons. The molecule has 0 saturated heterocycles. The first-order valence-corrected chi connectivity index (χ1v) is 7.09. The van der Waals surface area contributed by atoms with Crippen LogP contribution in [0.5, 0.6) is 5.75 Å². The van der Waals surface area contributed by atoms with Crippen molar-refractivity contribution in [3.63, 3.8) is 0 Å². The van der Waals surface area contributed by atoms with Crippen LogP contribution in [0.15, 0.2) is 53.1 Å². The van der Waals surface area contributed by atoms with E-state index in [1.807, 2.05) is 48.5 Å². The molecule has 0 fully saturated rings. The average Bonchev–Trinajstić information content (AvgIpc) is 3.02. The van der Waals surface area contributed by atoms with Gasteiger partial charge < -0.3 is 14.6 Å². The van der Waals surface area contributed by atoms with Gasteiger partial charge in [-0.2, -0.15) is 4.98 Å². The summed E-state index contributed by atoms with van der Waals surface area (Å²) in [4.78, 5) is 4.36. The van der Waals surface area contributed by atoms with Crippen LogP contribution < -0.4 is 10.1 Å². The molecule has 1 N–H and O–H groups in total. The number of aromatic nitrogens is 2.